The summed E-state index contributed by atoms with van der Waals surface area (Å²) in [6.45, 7) is 6.33. The normalized spacial score (nSPS) is 12.6. The second kappa shape index (κ2) is 8.90. The van der Waals surface area contributed by atoms with Crippen molar-refractivity contribution in [2.75, 3.05) is 0 Å². The molecule has 32 heavy (non-hydrogen) atoms. The summed E-state index contributed by atoms with van der Waals surface area (Å²) in [7, 11) is 0. The maximum atomic E-state index is 11.0. The maximum Gasteiger partial charge on any atom is 0.219 e. The molecule has 168 valence electrons. The number of hydrogen-bond donors (Lipinski definition) is 4. The SMILES string of the molecule is CCCCC(N=C(N)N)c1nc(-c2c[nH]c3ccccc23)cn2c(O)c(CC(C)C)nc12. The summed E-state index contributed by atoms with van der Waals surface area (Å²) in [4.78, 5) is 17.6. The highest BCUT2D eigenvalue weighted by molar-refractivity contribution is 5.94. The number of guanidine groups is 1. The van der Waals surface area contributed by atoms with Crippen molar-refractivity contribution in [1.82, 2.24) is 19.4 Å². The van der Waals surface area contributed by atoms with Crippen molar-refractivity contribution in [2.24, 2.45) is 22.4 Å². The number of aliphatic imine (C=N–C) groups is 1. The van der Waals surface area contributed by atoms with Crippen molar-refractivity contribution in [3.05, 3.63) is 48.0 Å². The van der Waals surface area contributed by atoms with Crippen LogP contribution in [-0.4, -0.2) is 30.4 Å². The molecule has 1 unspecified atom stereocenters. The number of hydrogen-bond acceptors (Lipinski definition) is 4. The molecule has 0 bridgehead atoms. The zero-order valence-corrected chi connectivity index (χ0v) is 18.8. The summed E-state index contributed by atoms with van der Waals surface area (Å²) >= 11 is 0. The smallest absolute Gasteiger partial charge is 0.219 e. The predicted molar refractivity (Wildman–Crippen MR) is 129 cm³/mol. The van der Waals surface area contributed by atoms with E-state index in [-0.39, 0.29) is 17.9 Å². The minimum Gasteiger partial charge on any atom is -0.493 e. The van der Waals surface area contributed by atoms with Gasteiger partial charge in [0.1, 0.15) is 11.4 Å². The van der Waals surface area contributed by atoms with Gasteiger partial charge < -0.3 is 21.6 Å². The van der Waals surface area contributed by atoms with Crippen LogP contribution in [0.1, 0.15) is 57.5 Å². The molecule has 3 heterocycles. The van der Waals surface area contributed by atoms with Crippen LogP contribution in [0.3, 0.4) is 0 Å². The first kappa shape index (κ1) is 21.7. The van der Waals surface area contributed by atoms with Gasteiger partial charge in [-0.3, -0.25) is 4.40 Å². The van der Waals surface area contributed by atoms with Gasteiger partial charge in [0.15, 0.2) is 11.6 Å². The van der Waals surface area contributed by atoms with Crippen molar-refractivity contribution in [2.45, 2.75) is 52.5 Å². The predicted octanol–water partition coefficient (Wildman–Crippen LogP) is 4.29. The Morgan fingerprint density at radius 3 is 2.72 bits per heavy atom. The molecule has 0 aliphatic rings. The lowest BCUT2D eigenvalue weighted by Gasteiger charge is -2.15. The molecule has 1 aromatic carbocycles. The molecule has 4 rings (SSSR count). The van der Waals surface area contributed by atoms with Crippen molar-refractivity contribution in [3.63, 3.8) is 0 Å². The summed E-state index contributed by atoms with van der Waals surface area (Å²) in [6.07, 6.45) is 7.13. The Balaban J connectivity index is 1.98. The molecule has 8 heteroatoms. The van der Waals surface area contributed by atoms with Gasteiger partial charge in [0.25, 0.3) is 0 Å². The quantitative estimate of drug-likeness (QED) is 0.243. The molecule has 0 aliphatic carbocycles. The standard InChI is InChI=1S/C24H31N7O/c1-4-5-9-18(30-24(25)26)21-22-29-19(11-14(2)3)23(32)31(22)13-20(28-21)16-12-27-17-10-7-6-8-15(16)17/h6-8,10,12-14,18,27,32H,4-5,9,11H2,1-3H3,(H4,25,26,30). The summed E-state index contributed by atoms with van der Waals surface area (Å²) in [5, 5.41) is 12.1. The van der Waals surface area contributed by atoms with E-state index in [0.29, 0.717) is 29.4 Å². The second-order valence-corrected chi connectivity index (χ2v) is 8.64. The van der Waals surface area contributed by atoms with Gasteiger partial charge in [0.05, 0.1) is 11.7 Å². The fourth-order valence-corrected chi connectivity index (χ4v) is 4.11. The minimum absolute atomic E-state index is 0.0155. The molecule has 8 nitrogen and oxygen atoms in total. The van der Waals surface area contributed by atoms with Gasteiger partial charge in [-0.25, -0.2) is 15.0 Å². The molecular formula is C24H31N7O. The van der Waals surface area contributed by atoms with Crippen LogP contribution in [0, 0.1) is 5.92 Å². The zero-order valence-electron chi connectivity index (χ0n) is 18.8. The molecule has 0 amide bonds. The minimum atomic E-state index is -0.346. The van der Waals surface area contributed by atoms with Gasteiger partial charge in [-0.05, 0) is 24.8 Å². The maximum absolute atomic E-state index is 11.0. The van der Waals surface area contributed by atoms with Gasteiger partial charge >= 0.3 is 0 Å². The van der Waals surface area contributed by atoms with Crippen molar-refractivity contribution in [3.8, 4) is 17.1 Å². The monoisotopic (exact) mass is 433 g/mol. The van der Waals surface area contributed by atoms with Gasteiger partial charge in [0.2, 0.25) is 5.88 Å². The van der Waals surface area contributed by atoms with E-state index < -0.39 is 0 Å². The van der Waals surface area contributed by atoms with Crippen molar-refractivity contribution in [1.29, 1.82) is 0 Å². The summed E-state index contributed by atoms with van der Waals surface area (Å²) in [5.74, 6) is 0.503. The number of nitrogens with two attached hydrogens (primary N) is 2. The van der Waals surface area contributed by atoms with Crippen LogP contribution in [0.5, 0.6) is 5.88 Å². The number of aromatic amines is 1. The number of para-hydroxylation sites is 1. The highest BCUT2D eigenvalue weighted by Gasteiger charge is 2.24. The van der Waals surface area contributed by atoms with E-state index in [0.717, 1.165) is 41.4 Å². The summed E-state index contributed by atoms with van der Waals surface area (Å²) in [6, 6.07) is 7.72. The number of rotatable bonds is 8. The Kier molecular flexibility index (Phi) is 6.03. The molecule has 0 aliphatic heterocycles. The topological polar surface area (TPSA) is 131 Å². The number of fused-ring (bicyclic) bond motifs is 2. The first-order chi connectivity index (χ1) is 15.4. The molecule has 0 radical (unpaired) electrons. The third-order valence-electron chi connectivity index (χ3n) is 5.60. The fraction of sp³-hybridized carbons (Fsp3) is 0.375. The summed E-state index contributed by atoms with van der Waals surface area (Å²) in [5.41, 5.74) is 16.1. The largest absolute Gasteiger partial charge is 0.493 e. The van der Waals surface area contributed by atoms with E-state index in [9.17, 15) is 5.11 Å². The average Bonchev–Trinajstić information content (AvgIpc) is 3.31. The third-order valence-corrected chi connectivity index (χ3v) is 5.60. The first-order valence-corrected chi connectivity index (χ1v) is 11.1. The van der Waals surface area contributed by atoms with Gasteiger partial charge in [-0.2, -0.15) is 0 Å². The molecule has 0 saturated carbocycles. The molecular weight excluding hydrogens is 402 g/mol. The second-order valence-electron chi connectivity index (χ2n) is 8.64. The molecule has 1 atom stereocenters. The number of unbranched alkanes of at least 4 members (excludes halogenated alkanes) is 1. The molecule has 0 spiro atoms. The zero-order chi connectivity index (χ0) is 22.8. The summed E-state index contributed by atoms with van der Waals surface area (Å²) < 4.78 is 1.72. The highest BCUT2D eigenvalue weighted by Crippen LogP contribution is 2.34. The lowest BCUT2D eigenvalue weighted by atomic mass is 10.1. The highest BCUT2D eigenvalue weighted by atomic mass is 16.3. The van der Waals surface area contributed by atoms with E-state index >= 15 is 0 Å². The molecule has 3 aromatic heterocycles. The van der Waals surface area contributed by atoms with Crippen LogP contribution in [0.15, 0.2) is 41.7 Å². The lowest BCUT2D eigenvalue weighted by Crippen LogP contribution is -2.24. The van der Waals surface area contributed by atoms with E-state index in [4.69, 9.17) is 21.4 Å². The average molecular weight is 434 g/mol. The Labute approximate surface area is 187 Å². The third kappa shape index (κ3) is 4.12. The number of aromatic nitrogens is 4. The van der Waals surface area contributed by atoms with E-state index in [1.54, 1.807) is 4.40 Å². The van der Waals surface area contributed by atoms with Crippen LogP contribution < -0.4 is 11.5 Å². The Bertz CT molecular complexity index is 1260. The molecule has 0 saturated heterocycles. The Morgan fingerprint density at radius 1 is 1.22 bits per heavy atom. The van der Waals surface area contributed by atoms with Gasteiger partial charge in [-0.15, -0.1) is 0 Å². The fourth-order valence-electron chi connectivity index (χ4n) is 4.11. The number of aromatic hydroxyl groups is 1. The van der Waals surface area contributed by atoms with E-state index in [1.807, 2.05) is 30.6 Å². The van der Waals surface area contributed by atoms with E-state index in [1.165, 1.54) is 0 Å². The number of imidazole rings is 1. The number of benzene rings is 1. The van der Waals surface area contributed by atoms with Crippen LogP contribution >= 0.6 is 0 Å². The van der Waals surface area contributed by atoms with Crippen LogP contribution in [0.25, 0.3) is 27.8 Å². The first-order valence-electron chi connectivity index (χ1n) is 11.1. The molecule has 6 N–H and O–H groups in total. The Morgan fingerprint density at radius 2 is 2.00 bits per heavy atom. The van der Waals surface area contributed by atoms with Crippen LogP contribution in [-0.2, 0) is 6.42 Å². The lowest BCUT2D eigenvalue weighted by molar-refractivity contribution is 0.435. The van der Waals surface area contributed by atoms with Gasteiger partial charge in [0, 0.05) is 28.9 Å². The number of nitrogens with zero attached hydrogens (tertiary/aromatic N) is 4. The van der Waals surface area contributed by atoms with E-state index in [2.05, 4.69) is 36.8 Å². The van der Waals surface area contributed by atoms with Crippen LogP contribution in [0.4, 0.5) is 0 Å². The molecule has 4 aromatic rings. The Hall–Kier alpha value is -3.55. The number of H-pyrrole nitrogens is 1. The molecule has 0 fully saturated rings. The van der Waals surface area contributed by atoms with Crippen LogP contribution in [0.2, 0.25) is 0 Å². The number of nitrogens with one attached hydrogen (secondary N) is 1. The van der Waals surface area contributed by atoms with Crippen molar-refractivity contribution >= 4 is 22.5 Å². The van der Waals surface area contributed by atoms with Gasteiger partial charge in [-0.1, -0.05) is 51.8 Å². The van der Waals surface area contributed by atoms with Crippen molar-refractivity contribution < 1.29 is 5.11 Å².